The largest absolute Gasteiger partial charge is 1.00 e. The first-order chi connectivity index (χ1) is 21.6. The van der Waals surface area contributed by atoms with E-state index in [0.717, 1.165) is 0 Å². The van der Waals surface area contributed by atoms with Crippen molar-refractivity contribution in [3.8, 4) is 0 Å². The number of hydrogen-bond donors (Lipinski definition) is 0. The molecule has 252 valence electrons. The van der Waals surface area contributed by atoms with Crippen LogP contribution in [0.5, 0.6) is 0 Å². The summed E-state index contributed by atoms with van der Waals surface area (Å²) >= 11 is 1.46. The van der Waals surface area contributed by atoms with Crippen molar-refractivity contribution in [2.24, 2.45) is 11.3 Å². The molecule has 0 fully saturated rings. The molecule has 6 rings (SSSR count). The van der Waals surface area contributed by atoms with Crippen LogP contribution in [0.4, 0.5) is 0 Å². The summed E-state index contributed by atoms with van der Waals surface area (Å²) in [5, 5.41) is 5.39. The molecule has 0 aliphatic heterocycles. The van der Waals surface area contributed by atoms with Crippen LogP contribution in [0.25, 0.3) is 21.5 Å². The number of allylic oxidation sites excluding steroid dienone is 4. The van der Waals surface area contributed by atoms with Gasteiger partial charge in [-0.05, 0) is 0 Å². The van der Waals surface area contributed by atoms with E-state index in [1.165, 1.54) is 83.2 Å². The summed E-state index contributed by atoms with van der Waals surface area (Å²) in [5.41, 5.74) is 7.64. The van der Waals surface area contributed by atoms with Crippen molar-refractivity contribution in [3.63, 3.8) is 0 Å². The molecule has 0 bridgehead atoms. The van der Waals surface area contributed by atoms with Gasteiger partial charge in [0.15, 0.2) is 0 Å². The molecular formula is C45H52Cl2Zr-2. The van der Waals surface area contributed by atoms with Crippen LogP contribution in [-0.2, 0) is 35.1 Å². The van der Waals surface area contributed by atoms with Crippen LogP contribution in [-0.4, -0.2) is 3.21 Å². The Kier molecular flexibility index (Phi) is 15.2. The summed E-state index contributed by atoms with van der Waals surface area (Å²) in [4.78, 5) is 0. The summed E-state index contributed by atoms with van der Waals surface area (Å²) in [5.74, 6) is 0.573. The average Bonchev–Trinajstić information content (AvgIpc) is 3.66. The van der Waals surface area contributed by atoms with Gasteiger partial charge < -0.3 is 24.8 Å². The molecule has 48 heavy (non-hydrogen) atoms. The summed E-state index contributed by atoms with van der Waals surface area (Å²) in [7, 11) is 0. The van der Waals surface area contributed by atoms with Crippen molar-refractivity contribution < 1.29 is 49.0 Å². The molecule has 0 amide bonds. The SMILES string of the molecule is CC(C)(C)c1ccc([C](=[Zr+2])c2ccc(C(C)(C)C)cc2)cc1.CCC1[C-]=CC(C(C)(C)C)=C1.[Cl-].[Cl-].c1ccc2c(c1)[cH-]c1ccccc12. The number of hydrogen-bond acceptors (Lipinski definition) is 0. The third-order valence-corrected chi connectivity index (χ3v) is 10.2. The molecule has 0 aromatic heterocycles. The Hall–Kier alpha value is -2.44. The quantitative estimate of drug-likeness (QED) is 0.185. The average molecular weight is 755 g/mol. The first-order valence-corrected chi connectivity index (χ1v) is 18.0. The van der Waals surface area contributed by atoms with E-state index in [0.29, 0.717) is 11.3 Å². The Morgan fingerprint density at radius 1 is 0.604 bits per heavy atom. The summed E-state index contributed by atoms with van der Waals surface area (Å²) in [6.07, 6.45) is 9.00. The third kappa shape index (κ3) is 11.0. The van der Waals surface area contributed by atoms with Crippen molar-refractivity contribution in [3.05, 3.63) is 149 Å². The third-order valence-electron chi connectivity index (χ3n) is 8.74. The fourth-order valence-electron chi connectivity index (χ4n) is 5.56. The molecule has 0 spiro atoms. The van der Waals surface area contributed by atoms with E-state index in [1.807, 2.05) is 0 Å². The fourth-order valence-corrected chi connectivity index (χ4v) is 6.38. The van der Waals surface area contributed by atoms with Gasteiger partial charge in [-0.2, -0.15) is 11.6 Å². The van der Waals surface area contributed by atoms with Gasteiger partial charge >= 0.3 is 151 Å². The molecule has 0 saturated carbocycles. The summed E-state index contributed by atoms with van der Waals surface area (Å²) < 4.78 is 1.42. The number of benzene rings is 4. The first kappa shape index (κ1) is 41.7. The Labute approximate surface area is 318 Å². The zero-order valence-electron chi connectivity index (χ0n) is 30.5. The van der Waals surface area contributed by atoms with E-state index in [-0.39, 0.29) is 35.6 Å². The first-order valence-electron chi connectivity index (χ1n) is 16.7. The van der Waals surface area contributed by atoms with Gasteiger partial charge in [0.2, 0.25) is 0 Å². The second-order valence-electron chi connectivity index (χ2n) is 15.5. The predicted octanol–water partition coefficient (Wildman–Crippen LogP) is 6.48. The van der Waals surface area contributed by atoms with Crippen molar-refractivity contribution >= 4 is 24.8 Å². The van der Waals surface area contributed by atoms with Crippen LogP contribution in [0.1, 0.15) is 97.9 Å². The second kappa shape index (κ2) is 17.5. The monoisotopic (exact) mass is 752 g/mol. The molecule has 1 unspecified atom stereocenters. The second-order valence-corrected chi connectivity index (χ2v) is 16.8. The molecule has 5 aromatic carbocycles. The van der Waals surface area contributed by atoms with Crippen molar-refractivity contribution in [1.82, 2.24) is 0 Å². The maximum absolute atomic E-state index is 3.35. The Balaban J connectivity index is 0.000000263. The fraction of sp³-hybridized carbons (Fsp3) is 0.333. The Morgan fingerprint density at radius 3 is 1.31 bits per heavy atom. The van der Waals surface area contributed by atoms with Crippen LogP contribution in [0.2, 0.25) is 0 Å². The minimum atomic E-state index is 0. The molecule has 0 heterocycles. The van der Waals surface area contributed by atoms with Crippen molar-refractivity contribution in [2.45, 2.75) is 86.5 Å². The standard InChI is InChI=1S/C21H26.C13H9.C11H17.2ClH.Zr/c1-20(2,3)18-11-7-16(8-12-18)15-17-9-13-19(14-10-17)21(4,5)6;1-3-7-12-10(5-1)9-11-6-2-4-8-13(11)12;1-5-9-6-7-10(8-9)11(2,3)4;;;/h7-14H,1-6H3;1-9H;7-9H,5H2,1-4H3;2*1H;/q;2*-1;;;+2/p-2. The van der Waals surface area contributed by atoms with Gasteiger partial charge in [0.05, 0.1) is 0 Å². The van der Waals surface area contributed by atoms with Gasteiger partial charge in [-0.3, -0.25) is 6.08 Å². The van der Waals surface area contributed by atoms with Crippen LogP contribution >= 0.6 is 0 Å². The molecule has 0 N–H and O–H groups in total. The maximum atomic E-state index is 3.35. The van der Waals surface area contributed by atoms with Gasteiger partial charge in [0.25, 0.3) is 0 Å². The summed E-state index contributed by atoms with van der Waals surface area (Å²) in [6, 6.07) is 37.4. The minimum absolute atomic E-state index is 0. The zero-order chi connectivity index (χ0) is 33.7. The molecule has 1 atom stereocenters. The minimum Gasteiger partial charge on any atom is -1.00 e. The molecule has 5 aromatic rings. The smallest absolute Gasteiger partial charge is 0.0640 e. The van der Waals surface area contributed by atoms with Crippen LogP contribution in [0.15, 0.2) is 121 Å². The van der Waals surface area contributed by atoms with E-state index in [1.54, 1.807) is 0 Å². The van der Waals surface area contributed by atoms with Gasteiger partial charge in [-0.15, -0.1) is 39.7 Å². The molecule has 0 nitrogen and oxygen atoms in total. The van der Waals surface area contributed by atoms with E-state index < -0.39 is 0 Å². The molecular weight excluding hydrogens is 703 g/mol. The van der Waals surface area contributed by atoms with E-state index >= 15 is 0 Å². The van der Waals surface area contributed by atoms with E-state index in [4.69, 9.17) is 0 Å². The van der Waals surface area contributed by atoms with E-state index in [2.05, 4.69) is 191 Å². The number of fused-ring (bicyclic) bond motifs is 3. The normalized spacial score (nSPS) is 14.2. The molecule has 1 aliphatic carbocycles. The molecule has 1 aliphatic rings. The van der Waals surface area contributed by atoms with Crippen molar-refractivity contribution in [2.75, 3.05) is 0 Å². The topological polar surface area (TPSA) is 0 Å². The van der Waals surface area contributed by atoms with Gasteiger partial charge in [0.1, 0.15) is 0 Å². The van der Waals surface area contributed by atoms with Crippen LogP contribution in [0, 0.1) is 17.4 Å². The van der Waals surface area contributed by atoms with E-state index in [9.17, 15) is 0 Å². The number of rotatable bonds is 3. The van der Waals surface area contributed by atoms with Gasteiger partial charge in [-0.25, -0.2) is 6.08 Å². The predicted molar refractivity (Wildman–Crippen MR) is 200 cm³/mol. The van der Waals surface area contributed by atoms with Crippen LogP contribution in [0.3, 0.4) is 0 Å². The maximum Gasteiger partial charge on any atom is -0.0640 e. The van der Waals surface area contributed by atoms with Gasteiger partial charge in [-0.1, -0.05) is 81.8 Å². The van der Waals surface area contributed by atoms with Crippen LogP contribution < -0.4 is 24.8 Å². The summed E-state index contributed by atoms with van der Waals surface area (Å²) in [6.45, 7) is 22.5. The zero-order valence-corrected chi connectivity index (χ0v) is 34.5. The molecule has 0 radical (unpaired) electrons. The van der Waals surface area contributed by atoms with Crippen molar-refractivity contribution in [1.29, 1.82) is 0 Å². The van der Waals surface area contributed by atoms with Gasteiger partial charge in [0, 0.05) is 0 Å². The molecule has 3 heteroatoms. The Bertz CT molecular complexity index is 1700. The Morgan fingerprint density at radius 2 is 1.00 bits per heavy atom. The number of halogens is 2. The molecule has 0 saturated heterocycles.